The average Bonchev–Trinajstić information content (AvgIpc) is 2.89. The molecule has 0 saturated carbocycles. The van der Waals surface area contributed by atoms with Gasteiger partial charge in [-0.05, 0) is 41.1 Å². The molecule has 0 bridgehead atoms. The lowest BCUT2D eigenvalue weighted by Crippen LogP contribution is -2.02. The number of thiophene rings is 1. The van der Waals surface area contributed by atoms with Crippen LogP contribution in [0.1, 0.15) is 15.9 Å². The molecular weight excluding hydrogens is 344 g/mol. The van der Waals surface area contributed by atoms with Gasteiger partial charge in [-0.2, -0.15) is 0 Å². The Hall–Kier alpha value is -1.16. The van der Waals surface area contributed by atoms with E-state index < -0.39 is 0 Å². The smallest absolute Gasteiger partial charge is 0.196 e. The van der Waals surface area contributed by atoms with Gasteiger partial charge in [-0.3, -0.25) is 4.79 Å². The van der Waals surface area contributed by atoms with E-state index in [9.17, 15) is 4.79 Å². The molecule has 0 atom stereocenters. The van der Waals surface area contributed by atoms with Crippen LogP contribution in [0.15, 0.2) is 52.3 Å². The Bertz CT molecular complexity index is 779. The zero-order valence-electron chi connectivity index (χ0n) is 9.69. The number of fused-ring (bicyclic) bond motifs is 1. The van der Waals surface area contributed by atoms with Crippen LogP contribution in [0.4, 0.5) is 0 Å². The lowest BCUT2D eigenvalue weighted by Gasteiger charge is -2.05. The van der Waals surface area contributed by atoms with Crippen molar-refractivity contribution < 1.29 is 4.79 Å². The summed E-state index contributed by atoms with van der Waals surface area (Å²) in [4.78, 5) is 12.6. The van der Waals surface area contributed by atoms with Crippen molar-refractivity contribution in [2.75, 3.05) is 0 Å². The number of ketones is 1. The van der Waals surface area contributed by atoms with Crippen molar-refractivity contribution in [2.45, 2.75) is 0 Å². The van der Waals surface area contributed by atoms with Crippen LogP contribution in [-0.4, -0.2) is 5.78 Å². The van der Waals surface area contributed by atoms with E-state index >= 15 is 0 Å². The van der Waals surface area contributed by atoms with Crippen LogP contribution < -0.4 is 0 Å². The third-order valence-corrected chi connectivity index (χ3v) is 4.68. The minimum absolute atomic E-state index is 0.0423. The second kappa shape index (κ2) is 5.08. The van der Waals surface area contributed by atoms with Gasteiger partial charge < -0.3 is 0 Å². The first-order valence-electron chi connectivity index (χ1n) is 5.63. The molecule has 1 aromatic heterocycles. The van der Waals surface area contributed by atoms with Crippen LogP contribution in [-0.2, 0) is 0 Å². The number of hydrogen-bond acceptors (Lipinski definition) is 2. The molecule has 0 N–H and O–H groups in total. The van der Waals surface area contributed by atoms with Crippen LogP contribution in [0.3, 0.4) is 0 Å². The van der Waals surface area contributed by atoms with E-state index in [2.05, 4.69) is 15.9 Å². The van der Waals surface area contributed by atoms with E-state index in [0.717, 1.165) is 14.6 Å². The molecule has 2 aromatic carbocycles. The van der Waals surface area contributed by atoms with Crippen LogP contribution in [0, 0.1) is 0 Å². The lowest BCUT2D eigenvalue weighted by molar-refractivity contribution is 0.104. The Morgan fingerprint density at radius 3 is 2.79 bits per heavy atom. The van der Waals surface area contributed by atoms with Gasteiger partial charge in [-0.15, -0.1) is 11.3 Å². The Kier molecular flexibility index (Phi) is 3.44. The highest BCUT2D eigenvalue weighted by Crippen LogP contribution is 2.29. The fourth-order valence-electron chi connectivity index (χ4n) is 1.99. The van der Waals surface area contributed by atoms with Gasteiger partial charge >= 0.3 is 0 Å². The van der Waals surface area contributed by atoms with E-state index in [0.29, 0.717) is 16.1 Å². The third-order valence-electron chi connectivity index (χ3n) is 2.90. The summed E-state index contributed by atoms with van der Waals surface area (Å²) >= 11 is 11.1. The SMILES string of the molecule is O=C(c1cc(Br)ccc1Cl)c1cccc2ccsc12. The van der Waals surface area contributed by atoms with Crippen LogP contribution >= 0.6 is 38.9 Å². The number of rotatable bonds is 2. The van der Waals surface area contributed by atoms with Crippen molar-refractivity contribution >= 4 is 54.7 Å². The molecule has 0 spiro atoms. The van der Waals surface area contributed by atoms with Gasteiger partial charge in [-0.1, -0.05) is 39.7 Å². The molecule has 1 nitrogen and oxygen atoms in total. The molecule has 0 aliphatic carbocycles. The quantitative estimate of drug-likeness (QED) is 0.553. The van der Waals surface area contributed by atoms with Gasteiger partial charge in [0.2, 0.25) is 0 Å². The molecule has 0 radical (unpaired) electrons. The van der Waals surface area contributed by atoms with Gasteiger partial charge in [0.15, 0.2) is 5.78 Å². The Labute approximate surface area is 128 Å². The Balaban J connectivity index is 2.19. The van der Waals surface area contributed by atoms with Crippen LogP contribution in [0.2, 0.25) is 5.02 Å². The number of halogens is 2. The van der Waals surface area contributed by atoms with Crippen molar-refractivity contribution in [1.82, 2.24) is 0 Å². The predicted molar refractivity (Wildman–Crippen MR) is 84.4 cm³/mol. The number of benzene rings is 2. The fourth-order valence-corrected chi connectivity index (χ4v) is 3.46. The molecule has 0 fully saturated rings. The van der Waals surface area contributed by atoms with Crippen LogP contribution in [0.25, 0.3) is 10.1 Å². The van der Waals surface area contributed by atoms with Gasteiger partial charge in [0, 0.05) is 20.3 Å². The number of carbonyl (C=O) groups excluding carboxylic acids is 1. The average molecular weight is 352 g/mol. The minimum Gasteiger partial charge on any atom is -0.288 e. The first kappa shape index (κ1) is 12.9. The molecule has 0 unspecified atom stereocenters. The van der Waals surface area contributed by atoms with Crippen molar-refractivity contribution in [3.8, 4) is 0 Å². The summed E-state index contributed by atoms with van der Waals surface area (Å²) in [5.41, 5.74) is 1.23. The van der Waals surface area contributed by atoms with E-state index in [1.165, 1.54) is 0 Å². The molecule has 0 aliphatic heterocycles. The summed E-state index contributed by atoms with van der Waals surface area (Å²) < 4.78 is 1.85. The molecule has 3 rings (SSSR count). The summed E-state index contributed by atoms with van der Waals surface area (Å²) in [5, 5.41) is 3.55. The maximum absolute atomic E-state index is 12.6. The normalized spacial score (nSPS) is 10.8. The van der Waals surface area contributed by atoms with Crippen molar-refractivity contribution in [3.05, 3.63) is 68.5 Å². The third kappa shape index (κ3) is 2.34. The largest absolute Gasteiger partial charge is 0.288 e. The highest BCUT2D eigenvalue weighted by Gasteiger charge is 2.16. The van der Waals surface area contributed by atoms with E-state index in [1.54, 1.807) is 23.5 Å². The zero-order chi connectivity index (χ0) is 13.4. The van der Waals surface area contributed by atoms with Gasteiger partial charge in [0.25, 0.3) is 0 Å². The molecule has 3 aromatic rings. The van der Waals surface area contributed by atoms with Crippen molar-refractivity contribution in [1.29, 1.82) is 0 Å². The first-order chi connectivity index (χ1) is 9.16. The number of hydrogen-bond donors (Lipinski definition) is 0. The van der Waals surface area contributed by atoms with E-state index in [-0.39, 0.29) is 5.78 Å². The second-order valence-electron chi connectivity index (χ2n) is 4.10. The molecule has 1 heterocycles. The maximum atomic E-state index is 12.6. The summed E-state index contributed by atoms with van der Waals surface area (Å²) in [6, 6.07) is 13.1. The molecule has 0 amide bonds. The highest BCUT2D eigenvalue weighted by molar-refractivity contribution is 9.10. The predicted octanol–water partition coefficient (Wildman–Crippen LogP) is 5.55. The van der Waals surface area contributed by atoms with Gasteiger partial charge in [-0.25, -0.2) is 0 Å². The second-order valence-corrected chi connectivity index (χ2v) is 6.34. The molecule has 0 saturated heterocycles. The monoisotopic (exact) mass is 350 g/mol. The molecule has 0 aliphatic rings. The topological polar surface area (TPSA) is 17.1 Å². The standard InChI is InChI=1S/C15H8BrClOS/c16-10-4-5-13(17)12(8-10)14(18)11-3-1-2-9-6-7-19-15(9)11/h1-8H. The van der Waals surface area contributed by atoms with Gasteiger partial charge in [0.05, 0.1) is 5.02 Å². The molecule has 4 heteroatoms. The highest BCUT2D eigenvalue weighted by atomic mass is 79.9. The van der Waals surface area contributed by atoms with Crippen molar-refractivity contribution in [3.63, 3.8) is 0 Å². The van der Waals surface area contributed by atoms with E-state index in [4.69, 9.17) is 11.6 Å². The van der Waals surface area contributed by atoms with Crippen LogP contribution in [0.5, 0.6) is 0 Å². The zero-order valence-corrected chi connectivity index (χ0v) is 12.8. The van der Waals surface area contributed by atoms with Crippen molar-refractivity contribution in [2.24, 2.45) is 0 Å². The van der Waals surface area contributed by atoms with E-state index in [1.807, 2.05) is 35.7 Å². The Morgan fingerprint density at radius 1 is 1.11 bits per heavy atom. The maximum Gasteiger partial charge on any atom is 0.196 e. The van der Waals surface area contributed by atoms with Gasteiger partial charge in [0.1, 0.15) is 0 Å². The summed E-state index contributed by atoms with van der Waals surface area (Å²) in [5.74, 6) is -0.0423. The summed E-state index contributed by atoms with van der Waals surface area (Å²) in [6.45, 7) is 0. The summed E-state index contributed by atoms with van der Waals surface area (Å²) in [6.07, 6.45) is 0. The molecule has 19 heavy (non-hydrogen) atoms. The molecule has 94 valence electrons. The summed E-state index contributed by atoms with van der Waals surface area (Å²) in [7, 11) is 0. The minimum atomic E-state index is -0.0423. The first-order valence-corrected chi connectivity index (χ1v) is 7.68. The number of carbonyl (C=O) groups is 1. The Morgan fingerprint density at radius 2 is 1.95 bits per heavy atom. The molecular formula is C15H8BrClOS. The fraction of sp³-hybridized carbons (Fsp3) is 0. The lowest BCUT2D eigenvalue weighted by atomic mass is 10.0.